The van der Waals surface area contributed by atoms with Crippen LogP contribution in [0.2, 0.25) is 0 Å². The van der Waals surface area contributed by atoms with Gasteiger partial charge in [-0.25, -0.2) is 0 Å². The van der Waals surface area contributed by atoms with Gasteiger partial charge in [0.05, 0.1) is 6.10 Å². The maximum absolute atomic E-state index is 5.28. The zero-order chi connectivity index (χ0) is 10.7. The predicted octanol–water partition coefficient (Wildman–Crippen LogP) is 2.68. The first kappa shape index (κ1) is 15.4. The maximum atomic E-state index is 5.28. The zero-order valence-corrected chi connectivity index (χ0v) is 10.2. The van der Waals surface area contributed by atoms with E-state index < -0.39 is 0 Å². The number of nitrogens with one attached hydrogen (secondary N) is 1. The van der Waals surface area contributed by atoms with E-state index in [9.17, 15) is 0 Å². The molecule has 0 radical (unpaired) electrons. The third kappa shape index (κ3) is 11.9. The van der Waals surface area contributed by atoms with Crippen LogP contribution >= 0.6 is 0 Å². The van der Waals surface area contributed by atoms with Crippen LogP contribution in [-0.2, 0) is 4.74 Å². The van der Waals surface area contributed by atoms with Gasteiger partial charge in [-0.15, -0.1) is 0 Å². The SMILES string of the molecule is CC.CNC[C@H](CCC(C)C)OC. The number of methoxy groups -OCH3 is 1. The third-order valence-electron chi connectivity index (χ3n) is 1.83. The van der Waals surface area contributed by atoms with Crippen molar-refractivity contribution in [3.63, 3.8) is 0 Å². The van der Waals surface area contributed by atoms with Gasteiger partial charge in [0.1, 0.15) is 0 Å². The van der Waals surface area contributed by atoms with Crippen molar-refractivity contribution in [3.05, 3.63) is 0 Å². The van der Waals surface area contributed by atoms with Crippen molar-refractivity contribution in [3.8, 4) is 0 Å². The summed E-state index contributed by atoms with van der Waals surface area (Å²) >= 11 is 0. The fraction of sp³-hybridized carbons (Fsp3) is 1.00. The second kappa shape index (κ2) is 11.9. The smallest absolute Gasteiger partial charge is 0.0695 e. The Balaban J connectivity index is 0. The Kier molecular flexibility index (Phi) is 14.1. The molecule has 0 amide bonds. The van der Waals surface area contributed by atoms with Crippen LogP contribution in [0.5, 0.6) is 0 Å². The van der Waals surface area contributed by atoms with Gasteiger partial charge in [-0.05, 0) is 25.8 Å². The monoisotopic (exact) mass is 189 g/mol. The van der Waals surface area contributed by atoms with Crippen molar-refractivity contribution in [2.75, 3.05) is 20.7 Å². The predicted molar refractivity (Wildman–Crippen MR) is 60.1 cm³/mol. The van der Waals surface area contributed by atoms with Gasteiger partial charge in [0.2, 0.25) is 0 Å². The number of likely N-dealkylation sites (N-methyl/N-ethyl adjacent to an activating group) is 1. The van der Waals surface area contributed by atoms with E-state index >= 15 is 0 Å². The molecule has 0 rings (SSSR count). The molecule has 82 valence electrons. The van der Waals surface area contributed by atoms with E-state index in [0.29, 0.717) is 6.10 Å². The highest BCUT2D eigenvalue weighted by Crippen LogP contribution is 2.07. The molecule has 2 heteroatoms. The van der Waals surface area contributed by atoms with Gasteiger partial charge in [0, 0.05) is 13.7 Å². The zero-order valence-electron chi connectivity index (χ0n) is 10.2. The van der Waals surface area contributed by atoms with Crippen LogP contribution in [-0.4, -0.2) is 26.8 Å². The van der Waals surface area contributed by atoms with Gasteiger partial charge < -0.3 is 10.1 Å². The average Bonchev–Trinajstić information content (AvgIpc) is 2.15. The Morgan fingerprint density at radius 3 is 2.00 bits per heavy atom. The van der Waals surface area contributed by atoms with Crippen molar-refractivity contribution in [2.45, 2.75) is 46.6 Å². The van der Waals surface area contributed by atoms with Gasteiger partial charge >= 0.3 is 0 Å². The summed E-state index contributed by atoms with van der Waals surface area (Å²) in [5.74, 6) is 0.782. The second-order valence-corrected chi connectivity index (χ2v) is 3.39. The minimum absolute atomic E-state index is 0.391. The highest BCUT2D eigenvalue weighted by Gasteiger charge is 2.05. The summed E-state index contributed by atoms with van der Waals surface area (Å²) in [5.41, 5.74) is 0. The quantitative estimate of drug-likeness (QED) is 0.693. The average molecular weight is 189 g/mol. The first-order valence-electron chi connectivity index (χ1n) is 5.38. The van der Waals surface area contributed by atoms with E-state index in [1.54, 1.807) is 7.11 Å². The van der Waals surface area contributed by atoms with Crippen LogP contribution in [0.3, 0.4) is 0 Å². The van der Waals surface area contributed by atoms with Gasteiger partial charge in [-0.3, -0.25) is 0 Å². The van der Waals surface area contributed by atoms with E-state index in [1.807, 2.05) is 20.9 Å². The van der Waals surface area contributed by atoms with E-state index in [2.05, 4.69) is 19.2 Å². The minimum Gasteiger partial charge on any atom is -0.380 e. The lowest BCUT2D eigenvalue weighted by Gasteiger charge is -2.15. The molecule has 0 aliphatic rings. The molecule has 0 unspecified atom stereocenters. The first-order valence-corrected chi connectivity index (χ1v) is 5.38. The summed E-state index contributed by atoms with van der Waals surface area (Å²) in [6, 6.07) is 0. The Labute approximate surface area is 84.1 Å². The number of ether oxygens (including phenoxy) is 1. The highest BCUT2D eigenvalue weighted by molar-refractivity contribution is 4.60. The molecule has 0 heterocycles. The summed E-state index contributed by atoms with van der Waals surface area (Å²) in [6.45, 7) is 9.45. The second-order valence-electron chi connectivity index (χ2n) is 3.39. The molecule has 0 aromatic rings. The third-order valence-corrected chi connectivity index (χ3v) is 1.83. The topological polar surface area (TPSA) is 21.3 Å². The van der Waals surface area contributed by atoms with E-state index in [0.717, 1.165) is 18.9 Å². The van der Waals surface area contributed by atoms with Gasteiger partial charge in [0.15, 0.2) is 0 Å². The normalized spacial score (nSPS) is 12.2. The number of rotatable bonds is 6. The van der Waals surface area contributed by atoms with Crippen LogP contribution in [0, 0.1) is 5.92 Å². The molecule has 0 fully saturated rings. The first-order chi connectivity index (χ1) is 6.20. The van der Waals surface area contributed by atoms with Crippen molar-refractivity contribution in [2.24, 2.45) is 5.92 Å². The molecule has 0 aromatic heterocycles. The maximum Gasteiger partial charge on any atom is 0.0695 e. The molecule has 1 atom stereocenters. The molecule has 0 spiro atoms. The minimum atomic E-state index is 0.391. The molecular formula is C11H27NO. The molecule has 0 saturated heterocycles. The van der Waals surface area contributed by atoms with Crippen LogP contribution in [0.4, 0.5) is 0 Å². The summed E-state index contributed by atoms with van der Waals surface area (Å²) in [6.07, 6.45) is 2.80. The summed E-state index contributed by atoms with van der Waals surface area (Å²) in [5, 5.41) is 3.12. The lowest BCUT2D eigenvalue weighted by molar-refractivity contribution is 0.0913. The Hall–Kier alpha value is -0.0800. The molecule has 0 aliphatic heterocycles. The van der Waals surface area contributed by atoms with Crippen LogP contribution in [0.25, 0.3) is 0 Å². The Bertz CT molecular complexity index is 84.2. The number of hydrogen-bond acceptors (Lipinski definition) is 2. The molecule has 0 aromatic carbocycles. The molecule has 0 aliphatic carbocycles. The van der Waals surface area contributed by atoms with E-state index in [1.165, 1.54) is 6.42 Å². The lowest BCUT2D eigenvalue weighted by atomic mass is 10.1. The van der Waals surface area contributed by atoms with Crippen LogP contribution in [0.15, 0.2) is 0 Å². The van der Waals surface area contributed by atoms with Crippen molar-refractivity contribution in [1.29, 1.82) is 0 Å². The largest absolute Gasteiger partial charge is 0.380 e. The Morgan fingerprint density at radius 1 is 1.15 bits per heavy atom. The molecule has 2 nitrogen and oxygen atoms in total. The highest BCUT2D eigenvalue weighted by atomic mass is 16.5. The van der Waals surface area contributed by atoms with Crippen molar-refractivity contribution >= 4 is 0 Å². The van der Waals surface area contributed by atoms with Gasteiger partial charge in [-0.2, -0.15) is 0 Å². The van der Waals surface area contributed by atoms with Gasteiger partial charge in [0.25, 0.3) is 0 Å². The van der Waals surface area contributed by atoms with Crippen molar-refractivity contribution in [1.82, 2.24) is 5.32 Å². The van der Waals surface area contributed by atoms with Crippen LogP contribution in [0.1, 0.15) is 40.5 Å². The summed E-state index contributed by atoms with van der Waals surface area (Å²) < 4.78 is 5.28. The molecule has 0 bridgehead atoms. The van der Waals surface area contributed by atoms with Crippen LogP contribution < -0.4 is 5.32 Å². The summed E-state index contributed by atoms with van der Waals surface area (Å²) in [7, 11) is 3.74. The summed E-state index contributed by atoms with van der Waals surface area (Å²) in [4.78, 5) is 0. The standard InChI is InChI=1S/C9H21NO.C2H6/c1-8(2)5-6-9(11-4)7-10-3;1-2/h8-10H,5-7H2,1-4H3;1-2H3/t9-;/m0./s1. The van der Waals surface area contributed by atoms with E-state index in [4.69, 9.17) is 4.74 Å². The fourth-order valence-electron chi connectivity index (χ4n) is 1.05. The Morgan fingerprint density at radius 2 is 1.69 bits per heavy atom. The fourth-order valence-corrected chi connectivity index (χ4v) is 1.05. The lowest BCUT2D eigenvalue weighted by Crippen LogP contribution is -2.25. The van der Waals surface area contributed by atoms with Crippen molar-refractivity contribution < 1.29 is 4.74 Å². The van der Waals surface area contributed by atoms with E-state index in [-0.39, 0.29) is 0 Å². The van der Waals surface area contributed by atoms with Gasteiger partial charge in [-0.1, -0.05) is 27.7 Å². The molecule has 1 N–H and O–H groups in total. The molecule has 13 heavy (non-hydrogen) atoms. The number of hydrogen-bond donors (Lipinski definition) is 1. The molecule has 0 saturated carbocycles. The molecular weight excluding hydrogens is 162 g/mol.